The second-order valence-electron chi connectivity index (χ2n) is 6.51. The maximum atomic E-state index is 11.6. The molecule has 156 valence electrons. The third-order valence-electron chi connectivity index (χ3n) is 4.25. The summed E-state index contributed by atoms with van der Waals surface area (Å²) in [5, 5.41) is 19.8. The minimum Gasteiger partial charge on any atom is -0.376 e. The molecular formula is C20H20N4O4S2. The van der Waals surface area contributed by atoms with Gasteiger partial charge < -0.3 is 5.32 Å². The zero-order valence-corrected chi connectivity index (χ0v) is 17.5. The molecule has 30 heavy (non-hydrogen) atoms. The van der Waals surface area contributed by atoms with E-state index in [0.717, 1.165) is 16.5 Å². The molecule has 1 aromatic heterocycles. The SMILES string of the molecule is NS(=O)(=O)c1ccc(N[C@H](CSc2ccccc2)Cc2cccnc2)c([N+](=O)[O-])c1. The number of sulfonamides is 1. The molecule has 0 unspecified atom stereocenters. The van der Waals surface area contributed by atoms with Crippen molar-refractivity contribution in [2.24, 2.45) is 5.14 Å². The van der Waals surface area contributed by atoms with Crippen molar-refractivity contribution < 1.29 is 13.3 Å². The first kappa shape index (κ1) is 21.8. The Bertz CT molecular complexity index is 1110. The summed E-state index contributed by atoms with van der Waals surface area (Å²) in [6.07, 6.45) is 4.02. The number of nitro benzene ring substituents is 1. The Morgan fingerprint density at radius 1 is 1.13 bits per heavy atom. The van der Waals surface area contributed by atoms with Gasteiger partial charge in [0.1, 0.15) is 5.69 Å². The van der Waals surface area contributed by atoms with Gasteiger partial charge in [0.05, 0.1) is 9.82 Å². The zero-order valence-electron chi connectivity index (χ0n) is 15.8. The third kappa shape index (κ3) is 6.02. The van der Waals surface area contributed by atoms with Crippen LogP contribution in [0.2, 0.25) is 0 Å². The molecule has 0 aliphatic rings. The van der Waals surface area contributed by atoms with Crippen LogP contribution in [0.15, 0.2) is 82.8 Å². The molecule has 0 spiro atoms. The average molecular weight is 445 g/mol. The van der Waals surface area contributed by atoms with Crippen LogP contribution >= 0.6 is 11.8 Å². The molecule has 0 saturated carbocycles. The zero-order chi connectivity index (χ0) is 21.6. The number of thioether (sulfide) groups is 1. The van der Waals surface area contributed by atoms with Crippen LogP contribution in [0.1, 0.15) is 5.56 Å². The lowest BCUT2D eigenvalue weighted by Gasteiger charge is -2.20. The Hall–Kier alpha value is -2.95. The Kier molecular flexibility index (Phi) is 7.03. The van der Waals surface area contributed by atoms with E-state index in [2.05, 4.69) is 10.3 Å². The van der Waals surface area contributed by atoms with Gasteiger partial charge in [-0.2, -0.15) is 0 Å². The number of nitrogens with zero attached hydrogens (tertiary/aromatic N) is 2. The van der Waals surface area contributed by atoms with Crippen LogP contribution in [0.4, 0.5) is 11.4 Å². The Labute approximate surface area is 178 Å². The van der Waals surface area contributed by atoms with Crippen molar-refractivity contribution in [1.29, 1.82) is 0 Å². The molecule has 0 aliphatic heterocycles. The molecule has 3 aromatic rings. The summed E-state index contributed by atoms with van der Waals surface area (Å²) >= 11 is 1.62. The van der Waals surface area contributed by atoms with Gasteiger partial charge in [-0.3, -0.25) is 15.1 Å². The average Bonchev–Trinajstić information content (AvgIpc) is 2.73. The van der Waals surface area contributed by atoms with E-state index in [1.54, 1.807) is 24.2 Å². The fourth-order valence-electron chi connectivity index (χ4n) is 2.85. The summed E-state index contributed by atoms with van der Waals surface area (Å²) in [7, 11) is -4.04. The van der Waals surface area contributed by atoms with E-state index in [0.29, 0.717) is 12.2 Å². The first-order valence-corrected chi connectivity index (χ1v) is 11.5. The van der Waals surface area contributed by atoms with E-state index in [4.69, 9.17) is 5.14 Å². The number of nitrogens with two attached hydrogens (primary N) is 1. The van der Waals surface area contributed by atoms with Crippen molar-refractivity contribution in [3.8, 4) is 0 Å². The number of primary sulfonamides is 1. The number of hydrogen-bond donors (Lipinski definition) is 2. The molecule has 1 heterocycles. The van der Waals surface area contributed by atoms with Crippen molar-refractivity contribution in [3.05, 3.63) is 88.7 Å². The molecule has 0 bridgehead atoms. The fraction of sp³-hybridized carbons (Fsp3) is 0.150. The summed E-state index contributed by atoms with van der Waals surface area (Å²) in [5.41, 5.74) is 0.866. The lowest BCUT2D eigenvalue weighted by atomic mass is 10.1. The summed E-state index contributed by atoms with van der Waals surface area (Å²) < 4.78 is 23.1. The largest absolute Gasteiger partial charge is 0.376 e. The number of benzene rings is 2. The van der Waals surface area contributed by atoms with E-state index < -0.39 is 14.9 Å². The van der Waals surface area contributed by atoms with Crippen LogP contribution in [0.25, 0.3) is 0 Å². The van der Waals surface area contributed by atoms with Gasteiger partial charge in [-0.1, -0.05) is 24.3 Å². The van der Waals surface area contributed by atoms with Gasteiger partial charge in [-0.15, -0.1) is 11.8 Å². The number of nitrogens with one attached hydrogen (secondary N) is 1. The molecule has 0 aliphatic carbocycles. The standard InChI is InChI=1S/C20H20N4O4S2/c21-30(27,28)18-8-9-19(20(12-18)24(25)26)23-16(11-15-5-4-10-22-13-15)14-29-17-6-2-1-3-7-17/h1-10,12-13,16,23H,11,14H2,(H2,21,27,28)/t16-/m0/s1. The van der Waals surface area contributed by atoms with Gasteiger partial charge in [0.2, 0.25) is 10.0 Å². The van der Waals surface area contributed by atoms with Crippen molar-refractivity contribution in [1.82, 2.24) is 4.98 Å². The van der Waals surface area contributed by atoms with E-state index in [1.807, 2.05) is 42.5 Å². The molecule has 3 rings (SSSR count). The summed E-state index contributed by atoms with van der Waals surface area (Å²) in [6.45, 7) is 0. The minimum atomic E-state index is -4.04. The molecule has 0 fully saturated rings. The fourth-order valence-corrected chi connectivity index (χ4v) is 4.33. The van der Waals surface area contributed by atoms with E-state index >= 15 is 0 Å². The second kappa shape index (κ2) is 9.70. The maximum absolute atomic E-state index is 11.6. The molecule has 0 radical (unpaired) electrons. The van der Waals surface area contributed by atoms with E-state index in [-0.39, 0.29) is 22.3 Å². The highest BCUT2D eigenvalue weighted by molar-refractivity contribution is 7.99. The lowest BCUT2D eigenvalue weighted by Crippen LogP contribution is -2.26. The first-order chi connectivity index (χ1) is 14.3. The topological polar surface area (TPSA) is 128 Å². The Balaban J connectivity index is 1.86. The Morgan fingerprint density at radius 3 is 2.53 bits per heavy atom. The highest BCUT2D eigenvalue weighted by atomic mass is 32.2. The number of nitro groups is 1. The van der Waals surface area contributed by atoms with Crippen LogP contribution < -0.4 is 10.5 Å². The predicted molar refractivity (Wildman–Crippen MR) is 117 cm³/mol. The monoisotopic (exact) mass is 444 g/mol. The molecule has 0 amide bonds. The number of anilines is 1. The smallest absolute Gasteiger partial charge is 0.293 e. The van der Waals surface area contributed by atoms with E-state index in [1.165, 1.54) is 12.1 Å². The molecule has 1 atom stereocenters. The van der Waals surface area contributed by atoms with Crippen LogP contribution in [-0.4, -0.2) is 30.1 Å². The summed E-state index contributed by atoms with van der Waals surface area (Å²) in [5.74, 6) is 0.632. The number of aromatic nitrogens is 1. The molecule has 10 heteroatoms. The number of pyridine rings is 1. The number of rotatable bonds is 9. The minimum absolute atomic E-state index is 0.168. The van der Waals surface area contributed by atoms with Crippen LogP contribution in [0, 0.1) is 10.1 Å². The van der Waals surface area contributed by atoms with Gasteiger partial charge in [0.15, 0.2) is 0 Å². The van der Waals surface area contributed by atoms with Gasteiger partial charge in [-0.05, 0) is 42.3 Å². The van der Waals surface area contributed by atoms with Gasteiger partial charge >= 0.3 is 0 Å². The highest BCUT2D eigenvalue weighted by Crippen LogP contribution is 2.29. The van der Waals surface area contributed by atoms with Gasteiger partial charge in [0.25, 0.3) is 5.69 Å². The predicted octanol–water partition coefficient (Wildman–Crippen LogP) is 3.45. The molecule has 3 N–H and O–H groups in total. The molecule has 8 nitrogen and oxygen atoms in total. The lowest BCUT2D eigenvalue weighted by molar-refractivity contribution is -0.384. The summed E-state index contributed by atoms with van der Waals surface area (Å²) in [4.78, 5) is 15.8. The normalized spacial score (nSPS) is 12.3. The van der Waals surface area contributed by atoms with Crippen molar-refractivity contribution in [2.75, 3.05) is 11.1 Å². The number of hydrogen-bond acceptors (Lipinski definition) is 7. The van der Waals surface area contributed by atoms with Gasteiger partial charge in [-0.25, -0.2) is 13.6 Å². The van der Waals surface area contributed by atoms with Crippen molar-refractivity contribution in [2.45, 2.75) is 22.3 Å². The maximum Gasteiger partial charge on any atom is 0.293 e. The quantitative estimate of drug-likeness (QED) is 0.294. The second-order valence-corrected chi connectivity index (χ2v) is 9.17. The Morgan fingerprint density at radius 2 is 1.90 bits per heavy atom. The summed E-state index contributed by atoms with van der Waals surface area (Å²) in [6, 6.07) is 17.0. The van der Waals surface area contributed by atoms with Crippen LogP contribution in [0.5, 0.6) is 0 Å². The van der Waals surface area contributed by atoms with E-state index in [9.17, 15) is 18.5 Å². The van der Waals surface area contributed by atoms with Gasteiger partial charge in [0, 0.05) is 35.2 Å². The molecular weight excluding hydrogens is 424 g/mol. The highest BCUT2D eigenvalue weighted by Gasteiger charge is 2.21. The van der Waals surface area contributed by atoms with Crippen LogP contribution in [-0.2, 0) is 16.4 Å². The molecule has 0 saturated heterocycles. The first-order valence-electron chi connectivity index (χ1n) is 8.97. The van der Waals surface area contributed by atoms with Crippen molar-refractivity contribution in [3.63, 3.8) is 0 Å². The molecule has 2 aromatic carbocycles. The van der Waals surface area contributed by atoms with Crippen molar-refractivity contribution >= 4 is 33.2 Å². The van der Waals surface area contributed by atoms with Crippen LogP contribution in [0.3, 0.4) is 0 Å². The third-order valence-corrected chi connectivity index (χ3v) is 6.34.